The summed E-state index contributed by atoms with van der Waals surface area (Å²) < 4.78 is 43.3. The maximum atomic E-state index is 12.6. The molecular formula is C17H21F3N4OS. The molecule has 0 fully saturated rings. The van der Waals surface area contributed by atoms with Crippen LogP contribution in [0.5, 0.6) is 5.75 Å². The fourth-order valence-corrected chi connectivity index (χ4v) is 2.71. The van der Waals surface area contributed by atoms with Gasteiger partial charge in [-0.15, -0.1) is 11.3 Å². The maximum Gasteiger partial charge on any atom is 0.434 e. The lowest BCUT2D eigenvalue weighted by Gasteiger charge is -2.11. The third kappa shape index (κ3) is 6.91. The van der Waals surface area contributed by atoms with E-state index in [-0.39, 0.29) is 6.54 Å². The van der Waals surface area contributed by atoms with Crippen molar-refractivity contribution in [2.45, 2.75) is 26.1 Å². The monoisotopic (exact) mass is 386 g/mol. The third-order valence-corrected chi connectivity index (χ3v) is 4.02. The summed E-state index contributed by atoms with van der Waals surface area (Å²) >= 11 is 0.952. The zero-order valence-corrected chi connectivity index (χ0v) is 15.2. The number of para-hydroxylation sites is 1. The summed E-state index contributed by atoms with van der Waals surface area (Å²) in [6, 6.07) is 9.52. The first-order chi connectivity index (χ1) is 12.5. The van der Waals surface area contributed by atoms with Gasteiger partial charge in [-0.3, -0.25) is 0 Å². The number of halogens is 3. The largest absolute Gasteiger partial charge is 0.494 e. The van der Waals surface area contributed by atoms with Crippen molar-refractivity contribution >= 4 is 17.3 Å². The molecule has 9 heteroatoms. The smallest absolute Gasteiger partial charge is 0.434 e. The number of hydrogen-bond donors (Lipinski definition) is 2. The first-order valence-electron chi connectivity index (χ1n) is 8.20. The summed E-state index contributed by atoms with van der Waals surface area (Å²) in [6.07, 6.45) is -3.66. The molecule has 5 nitrogen and oxygen atoms in total. The van der Waals surface area contributed by atoms with E-state index in [1.165, 1.54) is 0 Å². The summed E-state index contributed by atoms with van der Waals surface area (Å²) in [5.41, 5.74) is -0.872. The van der Waals surface area contributed by atoms with Crippen molar-refractivity contribution in [3.63, 3.8) is 0 Å². The molecule has 26 heavy (non-hydrogen) atoms. The second-order valence-corrected chi connectivity index (χ2v) is 6.20. The van der Waals surface area contributed by atoms with Gasteiger partial charge in [0.25, 0.3) is 0 Å². The van der Waals surface area contributed by atoms with Crippen LogP contribution in [0.4, 0.5) is 13.2 Å². The summed E-state index contributed by atoms with van der Waals surface area (Å²) in [5, 5.41) is 7.51. The molecule has 1 aromatic heterocycles. The Morgan fingerprint density at radius 3 is 2.65 bits per heavy atom. The van der Waals surface area contributed by atoms with Crippen LogP contribution in [0.1, 0.15) is 24.0 Å². The molecule has 0 bridgehead atoms. The minimum Gasteiger partial charge on any atom is -0.494 e. The fraction of sp³-hybridized carbons (Fsp3) is 0.412. The average molecular weight is 386 g/mol. The predicted octanol–water partition coefficient (Wildman–Crippen LogP) is 3.69. The molecule has 1 aromatic carbocycles. The van der Waals surface area contributed by atoms with E-state index in [2.05, 4.69) is 20.6 Å². The second kappa shape index (κ2) is 10.0. The molecule has 2 aromatic rings. The van der Waals surface area contributed by atoms with Gasteiger partial charge < -0.3 is 15.4 Å². The summed E-state index contributed by atoms with van der Waals surface area (Å²) in [5.74, 6) is 1.35. The molecule has 0 spiro atoms. The molecular weight excluding hydrogens is 365 g/mol. The van der Waals surface area contributed by atoms with Gasteiger partial charge in [0.1, 0.15) is 10.8 Å². The van der Waals surface area contributed by atoms with Crippen molar-refractivity contribution in [2.24, 2.45) is 4.99 Å². The van der Waals surface area contributed by atoms with Crippen LogP contribution in [-0.4, -0.2) is 30.6 Å². The van der Waals surface area contributed by atoms with Gasteiger partial charge in [-0.05, 0) is 25.5 Å². The fourth-order valence-electron chi connectivity index (χ4n) is 1.99. The molecule has 0 unspecified atom stereocenters. The van der Waals surface area contributed by atoms with E-state index < -0.39 is 11.9 Å². The molecule has 0 aliphatic rings. The standard InChI is InChI=1S/C17H21F3N4OS/c1-2-21-16(22-9-6-10-25-13-7-4-3-5-8-13)23-11-15-24-14(12-26-15)17(18,19)20/h3-5,7-8,12H,2,6,9-11H2,1H3,(H2,21,22,23). The Balaban J connectivity index is 1.76. The zero-order valence-electron chi connectivity index (χ0n) is 14.3. The number of ether oxygens (including phenoxy) is 1. The van der Waals surface area contributed by atoms with Gasteiger partial charge in [0.2, 0.25) is 0 Å². The predicted molar refractivity (Wildman–Crippen MR) is 96.5 cm³/mol. The van der Waals surface area contributed by atoms with E-state index in [4.69, 9.17) is 4.74 Å². The summed E-state index contributed by atoms with van der Waals surface area (Å²) in [4.78, 5) is 7.84. The number of aliphatic imine (C=N–C) groups is 1. The van der Waals surface area contributed by atoms with E-state index in [0.29, 0.717) is 30.7 Å². The molecule has 0 aliphatic heterocycles. The minimum absolute atomic E-state index is 0.0938. The van der Waals surface area contributed by atoms with E-state index in [0.717, 1.165) is 28.9 Å². The van der Waals surface area contributed by atoms with Crippen LogP contribution >= 0.6 is 11.3 Å². The van der Waals surface area contributed by atoms with Crippen LogP contribution < -0.4 is 15.4 Å². The first-order valence-corrected chi connectivity index (χ1v) is 9.08. The molecule has 142 valence electrons. The third-order valence-electron chi connectivity index (χ3n) is 3.18. The normalized spacial score (nSPS) is 12.1. The Hall–Kier alpha value is -2.29. The van der Waals surface area contributed by atoms with Crippen LogP contribution in [0.3, 0.4) is 0 Å². The Morgan fingerprint density at radius 1 is 1.23 bits per heavy atom. The highest BCUT2D eigenvalue weighted by Crippen LogP contribution is 2.30. The van der Waals surface area contributed by atoms with Gasteiger partial charge in [0.15, 0.2) is 11.7 Å². The maximum absolute atomic E-state index is 12.6. The Labute approximate surface area is 154 Å². The summed E-state index contributed by atoms with van der Waals surface area (Å²) in [7, 11) is 0. The SMILES string of the molecule is CCNC(=NCc1nc(C(F)(F)F)cs1)NCCCOc1ccccc1. The van der Waals surface area contributed by atoms with Crippen molar-refractivity contribution in [1.82, 2.24) is 15.6 Å². The van der Waals surface area contributed by atoms with Gasteiger partial charge in [-0.25, -0.2) is 9.98 Å². The lowest BCUT2D eigenvalue weighted by atomic mass is 10.3. The van der Waals surface area contributed by atoms with E-state index in [9.17, 15) is 13.2 Å². The lowest BCUT2D eigenvalue weighted by molar-refractivity contribution is -0.140. The van der Waals surface area contributed by atoms with Crippen molar-refractivity contribution < 1.29 is 17.9 Å². The van der Waals surface area contributed by atoms with E-state index in [1.54, 1.807) is 0 Å². The molecule has 2 N–H and O–H groups in total. The number of rotatable bonds is 8. The highest BCUT2D eigenvalue weighted by atomic mass is 32.1. The lowest BCUT2D eigenvalue weighted by Crippen LogP contribution is -2.38. The second-order valence-electron chi connectivity index (χ2n) is 5.26. The molecule has 0 saturated carbocycles. The van der Waals surface area contributed by atoms with E-state index in [1.807, 2.05) is 37.3 Å². The molecule has 0 radical (unpaired) electrons. The van der Waals surface area contributed by atoms with Gasteiger partial charge in [-0.2, -0.15) is 13.2 Å². The molecule has 2 rings (SSSR count). The molecule has 0 amide bonds. The molecule has 0 aliphatic carbocycles. The van der Waals surface area contributed by atoms with Crippen LogP contribution in [0, 0.1) is 0 Å². The quantitative estimate of drug-likeness (QED) is 0.413. The number of guanidine groups is 1. The number of nitrogens with one attached hydrogen (secondary N) is 2. The number of thiazole rings is 1. The van der Waals surface area contributed by atoms with Crippen molar-refractivity contribution in [1.29, 1.82) is 0 Å². The topological polar surface area (TPSA) is 58.5 Å². The molecule has 0 saturated heterocycles. The highest BCUT2D eigenvalue weighted by molar-refractivity contribution is 7.09. The number of aromatic nitrogens is 1. The van der Waals surface area contributed by atoms with Crippen molar-refractivity contribution in [2.75, 3.05) is 19.7 Å². The van der Waals surface area contributed by atoms with Gasteiger partial charge in [0, 0.05) is 18.5 Å². The van der Waals surface area contributed by atoms with Crippen molar-refractivity contribution in [3.05, 3.63) is 46.4 Å². The number of nitrogens with zero attached hydrogens (tertiary/aromatic N) is 2. The van der Waals surface area contributed by atoms with Crippen LogP contribution in [0.15, 0.2) is 40.7 Å². The average Bonchev–Trinajstić information content (AvgIpc) is 3.09. The number of hydrogen-bond acceptors (Lipinski definition) is 4. The number of benzene rings is 1. The Kier molecular flexibility index (Phi) is 7.71. The Bertz CT molecular complexity index is 689. The Morgan fingerprint density at radius 2 is 2.00 bits per heavy atom. The number of alkyl halides is 3. The zero-order chi connectivity index (χ0) is 18.8. The van der Waals surface area contributed by atoms with Gasteiger partial charge >= 0.3 is 6.18 Å². The van der Waals surface area contributed by atoms with Crippen molar-refractivity contribution in [3.8, 4) is 5.75 Å². The van der Waals surface area contributed by atoms with Crippen LogP contribution in [-0.2, 0) is 12.7 Å². The van der Waals surface area contributed by atoms with Gasteiger partial charge in [0.05, 0.1) is 13.2 Å². The molecule has 1 heterocycles. The first kappa shape index (κ1) is 20.0. The summed E-state index contributed by atoms with van der Waals surface area (Å²) in [6.45, 7) is 3.84. The van der Waals surface area contributed by atoms with Crippen LogP contribution in [0.2, 0.25) is 0 Å². The minimum atomic E-state index is -4.42. The van der Waals surface area contributed by atoms with Crippen LogP contribution in [0.25, 0.3) is 0 Å². The van der Waals surface area contributed by atoms with Gasteiger partial charge in [-0.1, -0.05) is 18.2 Å². The molecule has 0 atom stereocenters. The van der Waals surface area contributed by atoms with E-state index >= 15 is 0 Å². The highest BCUT2D eigenvalue weighted by Gasteiger charge is 2.33.